The van der Waals surface area contributed by atoms with Crippen LogP contribution in [-0.4, -0.2) is 56.2 Å². The van der Waals surface area contributed by atoms with Gasteiger partial charge in [0.2, 0.25) is 0 Å². The Hall–Kier alpha value is -1.21. The largest absolute Gasteiger partial charge is 0.444 e. The van der Waals surface area contributed by atoms with Gasteiger partial charge in [0.15, 0.2) is 8.32 Å². The second kappa shape index (κ2) is 7.98. The van der Waals surface area contributed by atoms with Crippen LogP contribution in [0.4, 0.5) is 4.79 Å². The summed E-state index contributed by atoms with van der Waals surface area (Å²) >= 11 is 0. The van der Waals surface area contributed by atoms with Gasteiger partial charge >= 0.3 is 6.09 Å². The SMILES string of the molecule is CC(C)(C)OC(=O)N1C2CCCC23C(C=O)CC(C=O)C3[C@H]1CO[Si](C)(C)C(C)(C)C. The minimum absolute atomic E-state index is 0.0426. The molecule has 0 radical (unpaired) electrons. The van der Waals surface area contributed by atoms with Gasteiger partial charge in [0.1, 0.15) is 18.2 Å². The normalized spacial score (nSPS) is 35.6. The fourth-order valence-electron chi connectivity index (χ4n) is 6.20. The second-order valence-corrected chi connectivity index (χ2v) is 17.2. The van der Waals surface area contributed by atoms with E-state index in [1.54, 1.807) is 0 Å². The van der Waals surface area contributed by atoms with E-state index in [4.69, 9.17) is 9.16 Å². The van der Waals surface area contributed by atoms with Crippen molar-refractivity contribution < 1.29 is 23.5 Å². The van der Waals surface area contributed by atoms with Crippen molar-refractivity contribution >= 4 is 27.0 Å². The first kappa shape index (κ1) is 24.4. The zero-order chi connectivity index (χ0) is 23.4. The molecule has 1 amide bonds. The number of carbonyl (C=O) groups is 3. The first-order valence-electron chi connectivity index (χ1n) is 11.8. The number of likely N-dealkylation sites (tertiary alicyclic amines) is 1. The fraction of sp³-hybridized carbons (Fsp3) is 0.875. The first-order chi connectivity index (χ1) is 14.2. The average molecular weight is 452 g/mol. The van der Waals surface area contributed by atoms with Crippen molar-refractivity contribution in [1.82, 2.24) is 4.90 Å². The number of carbonyl (C=O) groups excluding carboxylic acids is 3. The third kappa shape index (κ3) is 4.01. The highest BCUT2D eigenvalue weighted by Gasteiger charge is 2.70. The van der Waals surface area contributed by atoms with Crippen LogP contribution in [-0.2, 0) is 18.8 Å². The first-order valence-corrected chi connectivity index (χ1v) is 14.7. The van der Waals surface area contributed by atoms with Gasteiger partial charge in [-0.25, -0.2) is 4.79 Å². The summed E-state index contributed by atoms with van der Waals surface area (Å²) in [5.41, 5.74) is -0.939. The monoisotopic (exact) mass is 451 g/mol. The Morgan fingerprint density at radius 2 is 1.77 bits per heavy atom. The Morgan fingerprint density at radius 1 is 1.13 bits per heavy atom. The van der Waals surface area contributed by atoms with E-state index in [1.807, 2.05) is 25.7 Å². The number of nitrogens with zero attached hydrogens (tertiary/aromatic N) is 1. The van der Waals surface area contributed by atoms with E-state index >= 15 is 0 Å². The molecule has 5 unspecified atom stereocenters. The van der Waals surface area contributed by atoms with Crippen LogP contribution in [0.2, 0.25) is 18.1 Å². The number of amides is 1. The molecule has 1 saturated heterocycles. The minimum Gasteiger partial charge on any atom is -0.444 e. The lowest BCUT2D eigenvalue weighted by molar-refractivity contribution is -0.114. The summed E-state index contributed by atoms with van der Waals surface area (Å²) in [4.78, 5) is 39.6. The molecule has 6 nitrogen and oxygen atoms in total. The molecule has 3 fully saturated rings. The molecule has 2 saturated carbocycles. The summed E-state index contributed by atoms with van der Waals surface area (Å²) in [6.07, 6.45) is 5.00. The molecular formula is C24H41NO5Si. The maximum absolute atomic E-state index is 13.4. The highest BCUT2D eigenvalue weighted by Crippen LogP contribution is 2.66. The van der Waals surface area contributed by atoms with E-state index in [0.29, 0.717) is 13.0 Å². The predicted molar refractivity (Wildman–Crippen MR) is 122 cm³/mol. The van der Waals surface area contributed by atoms with Crippen molar-refractivity contribution in [1.29, 1.82) is 0 Å². The lowest BCUT2D eigenvalue weighted by Crippen LogP contribution is -2.51. The molecule has 0 N–H and O–H groups in total. The Kier molecular flexibility index (Phi) is 6.29. The lowest BCUT2D eigenvalue weighted by Gasteiger charge is -2.40. The third-order valence-electron chi connectivity index (χ3n) is 8.48. The van der Waals surface area contributed by atoms with Crippen molar-refractivity contribution in [2.45, 2.75) is 103 Å². The van der Waals surface area contributed by atoms with Crippen molar-refractivity contribution in [2.75, 3.05) is 6.61 Å². The van der Waals surface area contributed by atoms with E-state index in [2.05, 4.69) is 33.9 Å². The quantitative estimate of drug-likeness (QED) is 0.443. The fourth-order valence-corrected chi connectivity index (χ4v) is 7.22. The van der Waals surface area contributed by atoms with Crippen LogP contribution in [0, 0.1) is 23.2 Å². The van der Waals surface area contributed by atoms with Crippen LogP contribution >= 0.6 is 0 Å². The summed E-state index contributed by atoms with van der Waals surface area (Å²) in [6, 6.07) is -0.310. The molecule has 1 aliphatic heterocycles. The van der Waals surface area contributed by atoms with Crippen molar-refractivity contribution in [3.05, 3.63) is 0 Å². The van der Waals surface area contributed by atoms with Crippen LogP contribution in [0.1, 0.15) is 67.2 Å². The number of hydrogen-bond acceptors (Lipinski definition) is 5. The van der Waals surface area contributed by atoms with Crippen LogP contribution in [0.15, 0.2) is 0 Å². The molecule has 0 aromatic rings. The summed E-state index contributed by atoms with van der Waals surface area (Å²) in [7, 11) is -2.06. The van der Waals surface area contributed by atoms with Gasteiger partial charge < -0.3 is 18.8 Å². The van der Waals surface area contributed by atoms with E-state index in [0.717, 1.165) is 31.8 Å². The number of hydrogen-bond donors (Lipinski definition) is 0. The maximum Gasteiger partial charge on any atom is 0.410 e. The van der Waals surface area contributed by atoms with Crippen LogP contribution in [0.5, 0.6) is 0 Å². The molecular weight excluding hydrogens is 410 g/mol. The Morgan fingerprint density at radius 3 is 2.29 bits per heavy atom. The number of rotatable bonds is 5. The molecule has 3 rings (SSSR count). The predicted octanol–water partition coefficient (Wildman–Crippen LogP) is 4.82. The Balaban J connectivity index is 2.02. The number of ether oxygens (including phenoxy) is 1. The molecule has 0 aromatic carbocycles. The molecule has 2 aliphatic carbocycles. The van der Waals surface area contributed by atoms with E-state index in [1.165, 1.54) is 0 Å². The van der Waals surface area contributed by atoms with Gasteiger partial charge in [-0.05, 0) is 64.1 Å². The van der Waals surface area contributed by atoms with Crippen LogP contribution < -0.4 is 0 Å². The van der Waals surface area contributed by atoms with Gasteiger partial charge in [0, 0.05) is 23.3 Å². The van der Waals surface area contributed by atoms with Crippen molar-refractivity contribution in [3.63, 3.8) is 0 Å². The molecule has 1 heterocycles. The molecule has 1 spiro atoms. The molecule has 6 atom stereocenters. The lowest BCUT2D eigenvalue weighted by atomic mass is 9.69. The third-order valence-corrected chi connectivity index (χ3v) is 13.0. The molecule has 0 bridgehead atoms. The zero-order valence-corrected chi connectivity index (χ0v) is 21.6. The zero-order valence-electron chi connectivity index (χ0n) is 20.6. The Labute approximate surface area is 188 Å². The van der Waals surface area contributed by atoms with E-state index in [9.17, 15) is 14.4 Å². The summed E-state index contributed by atoms with van der Waals surface area (Å²) in [6.45, 7) is 17.0. The highest BCUT2D eigenvalue weighted by molar-refractivity contribution is 6.74. The molecule has 0 aromatic heterocycles. The summed E-state index contributed by atoms with van der Waals surface area (Å²) in [5.74, 6) is -0.468. The van der Waals surface area contributed by atoms with Crippen LogP contribution in [0.3, 0.4) is 0 Å². The molecule has 3 aliphatic rings. The summed E-state index contributed by atoms with van der Waals surface area (Å²) in [5, 5.41) is 0.0426. The second-order valence-electron chi connectivity index (χ2n) is 12.4. The Bertz CT molecular complexity index is 724. The smallest absolute Gasteiger partial charge is 0.410 e. The van der Waals surface area contributed by atoms with E-state index in [-0.39, 0.29) is 46.4 Å². The van der Waals surface area contributed by atoms with Crippen molar-refractivity contribution in [2.24, 2.45) is 23.2 Å². The maximum atomic E-state index is 13.4. The average Bonchev–Trinajstić information content (AvgIpc) is 3.24. The van der Waals surface area contributed by atoms with Gasteiger partial charge in [0.05, 0.1) is 12.6 Å². The molecule has 31 heavy (non-hydrogen) atoms. The topological polar surface area (TPSA) is 72.9 Å². The van der Waals surface area contributed by atoms with E-state index < -0.39 is 13.9 Å². The van der Waals surface area contributed by atoms with Gasteiger partial charge in [0.25, 0.3) is 0 Å². The number of aldehydes is 2. The highest BCUT2D eigenvalue weighted by atomic mass is 28.4. The van der Waals surface area contributed by atoms with Crippen LogP contribution in [0.25, 0.3) is 0 Å². The van der Waals surface area contributed by atoms with Gasteiger partial charge in [-0.2, -0.15) is 0 Å². The molecule has 7 heteroatoms. The molecule has 176 valence electrons. The van der Waals surface area contributed by atoms with Gasteiger partial charge in [-0.3, -0.25) is 4.90 Å². The van der Waals surface area contributed by atoms with Crippen molar-refractivity contribution in [3.8, 4) is 0 Å². The standard InChI is InChI=1S/C24H41NO5Si/c1-22(2,3)30-21(28)25-18(15-29-31(7,8)23(4,5)6)20-16(13-26)12-17(14-27)24(20)11-9-10-19(24)25/h13-14,16-20H,9-12,15H2,1-8H3/t16?,17?,18-,19?,20?,24?/m1/s1. The van der Waals surface area contributed by atoms with Gasteiger partial charge in [-0.15, -0.1) is 0 Å². The van der Waals surface area contributed by atoms with Gasteiger partial charge in [-0.1, -0.05) is 27.2 Å². The minimum atomic E-state index is -2.06. The summed E-state index contributed by atoms with van der Waals surface area (Å²) < 4.78 is 12.4.